The predicted molar refractivity (Wildman–Crippen MR) is 122 cm³/mol. The first-order valence-electron chi connectivity index (χ1n) is 10.1. The molecule has 6 nitrogen and oxygen atoms in total. The second-order valence-electron chi connectivity index (χ2n) is 7.25. The van der Waals surface area contributed by atoms with E-state index in [2.05, 4.69) is 10.6 Å². The lowest BCUT2D eigenvalue weighted by atomic mass is 10.0. The third-order valence-corrected chi connectivity index (χ3v) is 4.49. The Morgan fingerprint density at radius 3 is 2.16 bits per heavy atom. The van der Waals surface area contributed by atoms with E-state index in [1.807, 2.05) is 80.6 Å². The molecule has 0 spiro atoms. The van der Waals surface area contributed by atoms with E-state index in [1.165, 1.54) is 0 Å². The topological polar surface area (TPSA) is 76.7 Å². The summed E-state index contributed by atoms with van der Waals surface area (Å²) in [5.74, 6) is -0.204. The number of esters is 1. The van der Waals surface area contributed by atoms with E-state index in [1.54, 1.807) is 12.1 Å². The molecule has 0 aromatic heterocycles. The summed E-state index contributed by atoms with van der Waals surface area (Å²) in [6, 6.07) is 24.6. The normalized spacial score (nSPS) is 10.4. The van der Waals surface area contributed by atoms with Crippen molar-refractivity contribution in [3.8, 4) is 5.75 Å². The van der Waals surface area contributed by atoms with Crippen LogP contribution in [0.2, 0.25) is 0 Å². The fourth-order valence-electron chi connectivity index (χ4n) is 2.95. The lowest BCUT2D eigenvalue weighted by molar-refractivity contribution is -0.149. The second-order valence-corrected chi connectivity index (χ2v) is 7.25. The summed E-state index contributed by atoms with van der Waals surface area (Å²) in [7, 11) is 0. The molecular formula is C25H26N2O4. The van der Waals surface area contributed by atoms with Crippen molar-refractivity contribution in [2.24, 2.45) is 0 Å². The van der Waals surface area contributed by atoms with Crippen molar-refractivity contribution in [1.82, 2.24) is 0 Å². The summed E-state index contributed by atoms with van der Waals surface area (Å²) < 4.78 is 10.5. The Kier molecular flexibility index (Phi) is 7.65. The summed E-state index contributed by atoms with van der Waals surface area (Å²) in [5, 5.41) is 6.05. The monoisotopic (exact) mass is 418 g/mol. The molecule has 3 rings (SSSR count). The third kappa shape index (κ3) is 6.89. The Labute approximate surface area is 182 Å². The van der Waals surface area contributed by atoms with Gasteiger partial charge < -0.3 is 20.1 Å². The van der Waals surface area contributed by atoms with E-state index < -0.39 is 11.9 Å². The number of amides is 1. The third-order valence-electron chi connectivity index (χ3n) is 4.49. The standard InChI is InChI=1S/C25H26N2O4/c1-18(2)22-10-6-7-11-23(22)27-24(28)16-31-25(29)17-30-21-14-12-20(13-15-21)26-19-8-4-3-5-9-19/h3-15,18,26H,16-17H2,1-2H3,(H,27,28). The van der Waals surface area contributed by atoms with E-state index in [4.69, 9.17) is 9.47 Å². The second kappa shape index (κ2) is 10.8. The first-order valence-corrected chi connectivity index (χ1v) is 10.1. The lowest BCUT2D eigenvalue weighted by Crippen LogP contribution is -2.24. The van der Waals surface area contributed by atoms with E-state index >= 15 is 0 Å². The maximum Gasteiger partial charge on any atom is 0.344 e. The number of rotatable bonds is 9. The van der Waals surface area contributed by atoms with Crippen molar-refractivity contribution >= 4 is 28.9 Å². The van der Waals surface area contributed by atoms with Crippen molar-refractivity contribution in [2.75, 3.05) is 23.8 Å². The van der Waals surface area contributed by atoms with Crippen LogP contribution in [-0.4, -0.2) is 25.1 Å². The molecule has 0 fully saturated rings. The van der Waals surface area contributed by atoms with Gasteiger partial charge in [-0.1, -0.05) is 50.2 Å². The number of carbonyl (C=O) groups excluding carboxylic acids is 2. The smallest absolute Gasteiger partial charge is 0.344 e. The molecule has 0 atom stereocenters. The van der Waals surface area contributed by atoms with Gasteiger partial charge in [0.15, 0.2) is 13.2 Å². The van der Waals surface area contributed by atoms with E-state index in [-0.39, 0.29) is 19.1 Å². The fourth-order valence-corrected chi connectivity index (χ4v) is 2.95. The molecule has 0 aliphatic rings. The van der Waals surface area contributed by atoms with Crippen LogP contribution in [-0.2, 0) is 14.3 Å². The number of benzene rings is 3. The number of nitrogens with one attached hydrogen (secondary N) is 2. The molecule has 31 heavy (non-hydrogen) atoms. The SMILES string of the molecule is CC(C)c1ccccc1NC(=O)COC(=O)COc1ccc(Nc2ccccc2)cc1. The Hall–Kier alpha value is -3.80. The average molecular weight is 418 g/mol. The molecule has 1 amide bonds. The maximum atomic E-state index is 12.1. The molecule has 0 saturated carbocycles. The zero-order valence-electron chi connectivity index (χ0n) is 17.6. The minimum absolute atomic E-state index is 0.265. The van der Waals surface area contributed by atoms with Crippen molar-refractivity contribution in [2.45, 2.75) is 19.8 Å². The van der Waals surface area contributed by atoms with Gasteiger partial charge in [-0.05, 0) is 53.9 Å². The molecule has 3 aromatic rings. The number of hydrogen-bond acceptors (Lipinski definition) is 5. The van der Waals surface area contributed by atoms with Crippen molar-refractivity contribution in [3.05, 3.63) is 84.4 Å². The van der Waals surface area contributed by atoms with Gasteiger partial charge in [-0.3, -0.25) is 4.79 Å². The van der Waals surface area contributed by atoms with Crippen LogP contribution in [0.5, 0.6) is 5.75 Å². The van der Waals surface area contributed by atoms with Gasteiger partial charge in [0.25, 0.3) is 5.91 Å². The van der Waals surface area contributed by atoms with Crippen molar-refractivity contribution in [1.29, 1.82) is 0 Å². The molecule has 3 aromatic carbocycles. The summed E-state index contributed by atoms with van der Waals surface area (Å²) >= 11 is 0. The highest BCUT2D eigenvalue weighted by molar-refractivity contribution is 5.93. The highest BCUT2D eigenvalue weighted by Crippen LogP contribution is 2.23. The van der Waals surface area contributed by atoms with Gasteiger partial charge in [0.05, 0.1) is 0 Å². The molecule has 0 aliphatic carbocycles. The minimum Gasteiger partial charge on any atom is -0.482 e. The maximum absolute atomic E-state index is 12.1. The highest BCUT2D eigenvalue weighted by Gasteiger charge is 2.12. The summed E-state index contributed by atoms with van der Waals surface area (Å²) in [6.45, 7) is 3.45. The van der Waals surface area contributed by atoms with Crippen molar-refractivity contribution in [3.63, 3.8) is 0 Å². The molecule has 0 radical (unpaired) electrons. The van der Waals surface area contributed by atoms with Gasteiger partial charge in [-0.25, -0.2) is 4.79 Å². The van der Waals surface area contributed by atoms with Crippen LogP contribution >= 0.6 is 0 Å². The van der Waals surface area contributed by atoms with E-state index in [0.717, 1.165) is 22.6 Å². The Bertz CT molecular complexity index is 1000. The van der Waals surface area contributed by atoms with Crippen LogP contribution in [0, 0.1) is 0 Å². The van der Waals surface area contributed by atoms with Crippen LogP contribution in [0.4, 0.5) is 17.1 Å². The Balaban J connectivity index is 1.41. The largest absolute Gasteiger partial charge is 0.482 e. The molecule has 0 unspecified atom stereocenters. The molecule has 0 saturated heterocycles. The first kappa shape index (κ1) is 21.9. The summed E-state index contributed by atoms with van der Waals surface area (Å²) in [4.78, 5) is 24.0. The van der Waals surface area contributed by atoms with Gasteiger partial charge in [-0.2, -0.15) is 0 Å². The van der Waals surface area contributed by atoms with Crippen LogP contribution in [0.1, 0.15) is 25.3 Å². The first-order chi connectivity index (χ1) is 15.0. The number of hydrogen-bond donors (Lipinski definition) is 2. The average Bonchev–Trinajstić information content (AvgIpc) is 2.78. The van der Waals surface area contributed by atoms with Crippen LogP contribution in [0.15, 0.2) is 78.9 Å². The predicted octanol–water partition coefficient (Wildman–Crippen LogP) is 5.11. The Morgan fingerprint density at radius 2 is 1.45 bits per heavy atom. The molecule has 160 valence electrons. The highest BCUT2D eigenvalue weighted by atomic mass is 16.6. The van der Waals surface area contributed by atoms with E-state index in [0.29, 0.717) is 5.75 Å². The van der Waals surface area contributed by atoms with Gasteiger partial charge >= 0.3 is 5.97 Å². The van der Waals surface area contributed by atoms with Gasteiger partial charge in [-0.15, -0.1) is 0 Å². The van der Waals surface area contributed by atoms with Crippen LogP contribution in [0.25, 0.3) is 0 Å². The zero-order valence-corrected chi connectivity index (χ0v) is 17.6. The Morgan fingerprint density at radius 1 is 0.806 bits per heavy atom. The summed E-state index contributed by atoms with van der Waals surface area (Å²) in [6.07, 6.45) is 0. The molecule has 0 aliphatic heterocycles. The molecular weight excluding hydrogens is 392 g/mol. The molecule has 0 heterocycles. The van der Waals surface area contributed by atoms with Crippen LogP contribution < -0.4 is 15.4 Å². The number of ether oxygens (including phenoxy) is 2. The van der Waals surface area contributed by atoms with Crippen molar-refractivity contribution < 1.29 is 19.1 Å². The number of anilines is 3. The van der Waals surface area contributed by atoms with Gasteiger partial charge in [0, 0.05) is 17.1 Å². The lowest BCUT2D eigenvalue weighted by Gasteiger charge is -2.13. The molecule has 6 heteroatoms. The molecule has 0 bridgehead atoms. The molecule has 2 N–H and O–H groups in total. The van der Waals surface area contributed by atoms with E-state index in [9.17, 15) is 9.59 Å². The van der Waals surface area contributed by atoms with Gasteiger partial charge in [0.2, 0.25) is 0 Å². The number of para-hydroxylation sites is 2. The van der Waals surface area contributed by atoms with Gasteiger partial charge in [0.1, 0.15) is 5.75 Å². The quantitative estimate of drug-likeness (QED) is 0.472. The number of carbonyl (C=O) groups is 2. The van der Waals surface area contributed by atoms with Crippen LogP contribution in [0.3, 0.4) is 0 Å². The minimum atomic E-state index is -0.612. The summed E-state index contributed by atoms with van der Waals surface area (Å²) in [5.41, 5.74) is 3.63. The zero-order chi connectivity index (χ0) is 22.1. The fraction of sp³-hybridized carbons (Fsp3) is 0.200.